The number of thioether (sulfide) groups is 1. The first-order valence-corrected chi connectivity index (χ1v) is 14.2. The second-order valence-corrected chi connectivity index (χ2v) is 13.4. The van der Waals surface area contributed by atoms with Gasteiger partial charge in [-0.05, 0) is 73.5 Å². The number of nitrogens with zero attached hydrogens (tertiary/aromatic N) is 1. The van der Waals surface area contributed by atoms with Crippen LogP contribution in [0.2, 0.25) is 0 Å². The number of allylic oxidation sites excluding steroid dienone is 1. The number of carbonyl (C=O) groups excluding carboxylic acids is 1. The molecule has 28 heavy (non-hydrogen) atoms. The number of hydrogen-bond acceptors (Lipinski definition) is 6. The fraction of sp³-hybridized carbons (Fsp3) is 0.474. The quantitative estimate of drug-likeness (QED) is 0.0586. The van der Waals surface area contributed by atoms with Crippen molar-refractivity contribution in [3.05, 3.63) is 36.1 Å². The lowest BCUT2D eigenvalue weighted by atomic mass is 10.2. The van der Waals surface area contributed by atoms with Crippen LogP contribution >= 0.6 is 28.8 Å². The number of benzene rings is 1. The summed E-state index contributed by atoms with van der Waals surface area (Å²) >= 11 is 8.88. The van der Waals surface area contributed by atoms with E-state index in [0.29, 0.717) is 11.6 Å². The zero-order valence-corrected chi connectivity index (χ0v) is 20.2. The van der Waals surface area contributed by atoms with Crippen molar-refractivity contribution in [1.29, 1.82) is 0 Å². The summed E-state index contributed by atoms with van der Waals surface area (Å²) < 4.78 is 14.8. The van der Waals surface area contributed by atoms with E-state index in [-0.39, 0.29) is 0 Å². The molecule has 0 spiro atoms. The topological polar surface area (TPSA) is 73.9 Å². The van der Waals surface area contributed by atoms with Gasteiger partial charge in [-0.25, -0.2) is 4.79 Å². The molecule has 0 bridgehead atoms. The lowest BCUT2D eigenvalue weighted by Gasteiger charge is -2.19. The van der Waals surface area contributed by atoms with Crippen LogP contribution in [-0.2, 0) is 25.9 Å². The second-order valence-electron chi connectivity index (χ2n) is 6.05. The van der Waals surface area contributed by atoms with Crippen molar-refractivity contribution in [2.45, 2.75) is 56.2 Å². The van der Waals surface area contributed by atoms with E-state index in [1.54, 1.807) is 13.8 Å². The predicted octanol–water partition coefficient (Wildman–Crippen LogP) is 6.15. The Morgan fingerprint density at radius 1 is 1.21 bits per heavy atom. The number of hydrogen-bond donors (Lipinski definition) is 1. The normalized spacial score (nSPS) is 14.4. The first-order valence-electron chi connectivity index (χ1n) is 9.08. The molecule has 1 unspecified atom stereocenters. The van der Waals surface area contributed by atoms with Crippen LogP contribution in [0, 0.1) is 0 Å². The number of carbonyl (C=O) groups is 1. The van der Waals surface area contributed by atoms with Crippen LogP contribution in [0.5, 0.6) is 0 Å². The summed E-state index contributed by atoms with van der Waals surface area (Å²) in [6.07, 6.45) is 6.32. The van der Waals surface area contributed by atoms with Crippen molar-refractivity contribution in [2.24, 2.45) is 10.5 Å². The molecule has 0 amide bonds. The van der Waals surface area contributed by atoms with E-state index in [1.807, 2.05) is 23.9 Å². The maximum absolute atomic E-state index is 11.4. The number of rotatable bonds is 12. The maximum Gasteiger partial charge on any atom is 0.333 e. The van der Waals surface area contributed by atoms with Crippen molar-refractivity contribution >= 4 is 52.4 Å². The third-order valence-corrected chi connectivity index (χ3v) is 9.20. The fourth-order valence-corrected chi connectivity index (χ4v) is 8.14. The minimum Gasteiger partial charge on any atom is -0.466 e. The van der Waals surface area contributed by atoms with Gasteiger partial charge in [0.25, 0.3) is 5.62 Å². The predicted molar refractivity (Wildman–Crippen MR) is 126 cm³/mol. The maximum atomic E-state index is 11.4. The molecule has 0 radical (unpaired) electrons. The van der Waals surface area contributed by atoms with Crippen molar-refractivity contribution in [1.82, 2.24) is 0 Å². The largest absolute Gasteiger partial charge is 0.466 e. The smallest absolute Gasteiger partial charge is 0.333 e. The first-order chi connectivity index (χ1) is 13.3. The Bertz CT molecular complexity index is 732. The standard InChI is InChI=1S/C19H29N2O3PS3/c1-5-6-7-8-13-27-17-9-11-18(12-10-17)28-25(26,21-16(3)20)24-15(2)14-19(22)23-4/h9-12,14H,5-8,13H2,1-4H3,(H2,20,21,26). The molecule has 0 aliphatic rings. The molecule has 156 valence electrons. The molecule has 0 aliphatic heterocycles. The van der Waals surface area contributed by atoms with Gasteiger partial charge in [-0.2, -0.15) is 4.76 Å². The zero-order chi connectivity index (χ0) is 21.0. The SMILES string of the molecule is CCCCCCSc1ccc(SP(=S)(N=C(C)N)OC(C)=CC(=O)OC)cc1. The third-order valence-electron chi connectivity index (χ3n) is 3.37. The molecule has 2 N–H and O–H groups in total. The average Bonchev–Trinajstić information content (AvgIpc) is 2.61. The van der Waals surface area contributed by atoms with Crippen LogP contribution in [-0.4, -0.2) is 24.7 Å². The summed E-state index contributed by atoms with van der Waals surface area (Å²) in [5.74, 6) is 1.33. The molecular formula is C19H29N2O3PS3. The average molecular weight is 461 g/mol. The van der Waals surface area contributed by atoms with Crippen LogP contribution in [0.1, 0.15) is 46.5 Å². The Balaban J connectivity index is 2.78. The molecule has 0 saturated carbocycles. The molecule has 1 aromatic carbocycles. The fourth-order valence-electron chi connectivity index (χ4n) is 2.13. The Hall–Kier alpha value is -0.950. The van der Waals surface area contributed by atoms with Gasteiger partial charge in [-0.15, -0.1) is 11.8 Å². The summed E-state index contributed by atoms with van der Waals surface area (Å²) in [4.78, 5) is 13.6. The van der Waals surface area contributed by atoms with Gasteiger partial charge in [0, 0.05) is 9.79 Å². The molecule has 0 heterocycles. The number of nitrogens with two attached hydrogens (primary N) is 1. The summed E-state index contributed by atoms with van der Waals surface area (Å²) in [7, 11) is 1.31. The Morgan fingerprint density at radius 2 is 1.86 bits per heavy atom. The number of amidine groups is 1. The summed E-state index contributed by atoms with van der Waals surface area (Å²) in [5, 5.41) is 0. The minimum atomic E-state index is -2.74. The number of ether oxygens (including phenoxy) is 1. The Kier molecular flexibility index (Phi) is 11.9. The van der Waals surface area contributed by atoms with Gasteiger partial charge >= 0.3 is 5.97 Å². The monoisotopic (exact) mass is 460 g/mol. The van der Waals surface area contributed by atoms with Gasteiger partial charge in [0.2, 0.25) is 0 Å². The molecule has 0 saturated heterocycles. The molecule has 1 aromatic rings. The Morgan fingerprint density at radius 3 is 2.43 bits per heavy atom. The van der Waals surface area contributed by atoms with Gasteiger partial charge in [-0.3, -0.25) is 0 Å². The van der Waals surface area contributed by atoms with Gasteiger partial charge in [0.15, 0.2) is 0 Å². The van der Waals surface area contributed by atoms with Crippen LogP contribution in [0.3, 0.4) is 0 Å². The lowest BCUT2D eigenvalue weighted by Crippen LogP contribution is -2.05. The third kappa shape index (κ3) is 10.6. The molecule has 5 nitrogen and oxygen atoms in total. The molecule has 9 heteroatoms. The van der Waals surface area contributed by atoms with E-state index < -0.39 is 11.6 Å². The molecular weight excluding hydrogens is 431 g/mol. The highest BCUT2D eigenvalue weighted by atomic mass is 32.9. The molecule has 0 fully saturated rings. The van der Waals surface area contributed by atoms with Gasteiger partial charge < -0.3 is 15.0 Å². The minimum absolute atomic E-state index is 0.348. The summed E-state index contributed by atoms with van der Waals surface area (Å²) in [6.45, 7) is 5.54. The first kappa shape index (κ1) is 25.1. The molecule has 1 rings (SSSR count). The van der Waals surface area contributed by atoms with E-state index in [1.165, 1.54) is 55.1 Å². The van der Waals surface area contributed by atoms with Crippen LogP contribution in [0.25, 0.3) is 0 Å². The molecule has 1 atom stereocenters. The number of methoxy groups -OCH3 is 1. The van der Waals surface area contributed by atoms with Crippen LogP contribution in [0.15, 0.2) is 50.7 Å². The molecule has 0 aliphatic carbocycles. The van der Waals surface area contributed by atoms with E-state index in [4.69, 9.17) is 22.1 Å². The highest BCUT2D eigenvalue weighted by molar-refractivity contribution is 8.69. The highest BCUT2D eigenvalue weighted by Gasteiger charge is 2.21. The number of unbranched alkanes of at least 4 members (excludes halogenated alkanes) is 3. The lowest BCUT2D eigenvalue weighted by molar-refractivity contribution is -0.135. The van der Waals surface area contributed by atoms with Crippen molar-refractivity contribution in [3.8, 4) is 0 Å². The highest BCUT2D eigenvalue weighted by Crippen LogP contribution is 2.65. The van der Waals surface area contributed by atoms with Crippen molar-refractivity contribution in [3.63, 3.8) is 0 Å². The Labute approximate surface area is 181 Å². The molecule has 0 aromatic heterocycles. The summed E-state index contributed by atoms with van der Waals surface area (Å²) in [6, 6.07) is 8.21. The van der Waals surface area contributed by atoms with E-state index >= 15 is 0 Å². The van der Waals surface area contributed by atoms with Gasteiger partial charge in [0.05, 0.1) is 19.0 Å². The summed E-state index contributed by atoms with van der Waals surface area (Å²) in [5.41, 5.74) is 3.01. The van der Waals surface area contributed by atoms with Crippen LogP contribution in [0.4, 0.5) is 0 Å². The second kappa shape index (κ2) is 13.3. The van der Waals surface area contributed by atoms with E-state index in [0.717, 1.165) is 10.6 Å². The van der Waals surface area contributed by atoms with Crippen LogP contribution < -0.4 is 5.73 Å². The zero-order valence-electron chi connectivity index (χ0n) is 16.8. The van der Waals surface area contributed by atoms with Gasteiger partial charge in [0.1, 0.15) is 5.76 Å². The van der Waals surface area contributed by atoms with Crippen molar-refractivity contribution in [2.75, 3.05) is 12.9 Å². The van der Waals surface area contributed by atoms with Gasteiger partial charge in [-0.1, -0.05) is 26.2 Å². The van der Waals surface area contributed by atoms with Crippen molar-refractivity contribution < 1.29 is 14.1 Å². The number of esters is 1. The van der Waals surface area contributed by atoms with E-state index in [9.17, 15) is 4.79 Å². The van der Waals surface area contributed by atoms with E-state index in [2.05, 4.69) is 28.6 Å².